The largest absolute Gasteiger partial charge is 0.484 e. The molecule has 0 atom stereocenters. The molecule has 0 aliphatic heterocycles. The zero-order chi connectivity index (χ0) is 21.7. The van der Waals surface area contributed by atoms with Crippen LogP contribution < -0.4 is 10.1 Å². The first-order valence-electron chi connectivity index (χ1n) is 9.72. The third-order valence-corrected chi connectivity index (χ3v) is 5.85. The maximum absolute atomic E-state index is 12.4. The predicted octanol–water partition coefficient (Wildman–Crippen LogP) is 5.40. The van der Waals surface area contributed by atoms with Crippen LogP contribution in [-0.2, 0) is 16.0 Å². The van der Waals surface area contributed by atoms with Crippen LogP contribution in [0.1, 0.15) is 34.0 Å². The average Bonchev–Trinajstić information content (AvgIpc) is 3.17. The number of thiophene rings is 1. The van der Waals surface area contributed by atoms with Gasteiger partial charge in [-0.05, 0) is 54.7 Å². The number of esters is 1. The highest BCUT2D eigenvalue weighted by Gasteiger charge is 2.22. The molecular formula is C24H25NO4S. The summed E-state index contributed by atoms with van der Waals surface area (Å²) in [5.41, 5.74) is 5.46. The smallest absolute Gasteiger partial charge is 0.341 e. The molecule has 2 aromatic carbocycles. The van der Waals surface area contributed by atoms with Gasteiger partial charge < -0.3 is 14.8 Å². The summed E-state index contributed by atoms with van der Waals surface area (Å²) in [6.07, 6.45) is 0.940. The van der Waals surface area contributed by atoms with Crippen molar-refractivity contribution in [3.05, 3.63) is 70.1 Å². The molecule has 5 nitrogen and oxygen atoms in total. The van der Waals surface area contributed by atoms with Crippen LogP contribution in [0.5, 0.6) is 5.75 Å². The number of aryl methyl sites for hydroxylation is 3. The van der Waals surface area contributed by atoms with Crippen molar-refractivity contribution in [2.45, 2.75) is 27.2 Å². The maximum atomic E-state index is 12.4. The molecule has 0 unspecified atom stereocenters. The Morgan fingerprint density at radius 2 is 1.77 bits per heavy atom. The number of carbonyl (C=O) groups excluding carboxylic acids is 2. The second-order valence-corrected chi connectivity index (χ2v) is 7.86. The molecule has 0 aliphatic rings. The van der Waals surface area contributed by atoms with E-state index in [0.29, 0.717) is 16.3 Å². The highest BCUT2D eigenvalue weighted by Crippen LogP contribution is 2.36. The van der Waals surface area contributed by atoms with Gasteiger partial charge in [-0.2, -0.15) is 0 Å². The number of anilines is 1. The SMILES string of the molecule is CCc1ccc(-c2csc(NC(=O)COc3ccc(C)c(C)c3)c2C(=O)OC)cc1. The van der Waals surface area contributed by atoms with E-state index in [9.17, 15) is 9.59 Å². The fourth-order valence-electron chi connectivity index (χ4n) is 3.00. The third-order valence-electron chi connectivity index (χ3n) is 4.95. The lowest BCUT2D eigenvalue weighted by Gasteiger charge is -2.10. The van der Waals surface area contributed by atoms with Gasteiger partial charge in [-0.3, -0.25) is 4.79 Å². The van der Waals surface area contributed by atoms with Crippen LogP contribution in [0.3, 0.4) is 0 Å². The Kier molecular flexibility index (Phi) is 6.90. The fraction of sp³-hybridized carbons (Fsp3) is 0.250. The van der Waals surface area contributed by atoms with Gasteiger partial charge in [-0.25, -0.2) is 4.79 Å². The van der Waals surface area contributed by atoms with Crippen LogP contribution in [-0.4, -0.2) is 25.6 Å². The summed E-state index contributed by atoms with van der Waals surface area (Å²) in [5, 5.41) is 5.09. The second kappa shape index (κ2) is 9.59. The molecule has 0 fully saturated rings. The van der Waals surface area contributed by atoms with E-state index in [1.807, 2.05) is 61.7 Å². The van der Waals surface area contributed by atoms with Crippen molar-refractivity contribution in [1.29, 1.82) is 0 Å². The Labute approximate surface area is 180 Å². The summed E-state index contributed by atoms with van der Waals surface area (Å²) in [4.78, 5) is 24.9. The van der Waals surface area contributed by atoms with Crippen LogP contribution in [0.15, 0.2) is 47.8 Å². The third kappa shape index (κ3) is 4.89. The van der Waals surface area contributed by atoms with Crippen molar-refractivity contribution in [2.24, 2.45) is 0 Å². The standard InChI is InChI=1S/C24H25NO4S/c1-5-17-7-9-18(10-8-17)20-14-30-23(22(20)24(27)28-4)25-21(26)13-29-19-11-6-15(2)16(3)12-19/h6-12,14H,5,13H2,1-4H3,(H,25,26). The van der Waals surface area contributed by atoms with Gasteiger partial charge in [0.05, 0.1) is 7.11 Å². The molecule has 3 rings (SSSR count). The first kappa shape index (κ1) is 21.6. The number of carbonyl (C=O) groups is 2. The predicted molar refractivity (Wildman–Crippen MR) is 121 cm³/mol. The lowest BCUT2D eigenvalue weighted by Crippen LogP contribution is -2.21. The summed E-state index contributed by atoms with van der Waals surface area (Å²) in [5.74, 6) is -0.200. The molecule has 30 heavy (non-hydrogen) atoms. The maximum Gasteiger partial charge on any atom is 0.341 e. The van der Waals surface area contributed by atoms with Gasteiger partial charge in [0.15, 0.2) is 6.61 Å². The Morgan fingerprint density at radius 1 is 1.03 bits per heavy atom. The van der Waals surface area contributed by atoms with Crippen molar-refractivity contribution < 1.29 is 19.1 Å². The molecule has 6 heteroatoms. The Balaban J connectivity index is 1.77. The molecule has 0 bridgehead atoms. The Morgan fingerprint density at radius 3 is 2.40 bits per heavy atom. The lowest BCUT2D eigenvalue weighted by molar-refractivity contribution is -0.118. The van der Waals surface area contributed by atoms with Gasteiger partial charge in [0.2, 0.25) is 0 Å². The molecule has 1 N–H and O–H groups in total. The average molecular weight is 424 g/mol. The van der Waals surface area contributed by atoms with E-state index in [1.54, 1.807) is 0 Å². The Hall–Kier alpha value is -3.12. The van der Waals surface area contributed by atoms with Crippen molar-refractivity contribution in [2.75, 3.05) is 19.0 Å². The highest BCUT2D eigenvalue weighted by molar-refractivity contribution is 7.15. The first-order chi connectivity index (χ1) is 14.4. The quantitative estimate of drug-likeness (QED) is 0.517. The number of ether oxygens (including phenoxy) is 2. The van der Waals surface area contributed by atoms with Gasteiger partial charge in [0.25, 0.3) is 5.91 Å². The first-order valence-corrected chi connectivity index (χ1v) is 10.6. The monoisotopic (exact) mass is 423 g/mol. The normalized spacial score (nSPS) is 10.5. The molecular weight excluding hydrogens is 398 g/mol. The van der Waals surface area contributed by atoms with E-state index >= 15 is 0 Å². The zero-order valence-electron chi connectivity index (χ0n) is 17.6. The molecule has 156 valence electrons. The van der Waals surface area contributed by atoms with Gasteiger partial charge in [-0.15, -0.1) is 11.3 Å². The van der Waals surface area contributed by atoms with Crippen molar-refractivity contribution >= 4 is 28.2 Å². The summed E-state index contributed by atoms with van der Waals surface area (Å²) in [6.45, 7) is 5.95. The van der Waals surface area contributed by atoms with Gasteiger partial charge in [-0.1, -0.05) is 37.3 Å². The summed E-state index contributed by atoms with van der Waals surface area (Å²) in [6, 6.07) is 13.7. The second-order valence-electron chi connectivity index (χ2n) is 6.98. The zero-order valence-corrected chi connectivity index (χ0v) is 18.4. The molecule has 1 heterocycles. The molecule has 0 spiro atoms. The van der Waals surface area contributed by atoms with E-state index in [0.717, 1.165) is 28.7 Å². The number of hydrogen-bond acceptors (Lipinski definition) is 5. The van der Waals surface area contributed by atoms with E-state index < -0.39 is 5.97 Å². The minimum atomic E-state index is -0.490. The molecule has 1 aromatic heterocycles. The van der Waals surface area contributed by atoms with E-state index in [-0.39, 0.29) is 12.5 Å². The molecule has 1 amide bonds. The topological polar surface area (TPSA) is 64.6 Å². The minimum Gasteiger partial charge on any atom is -0.484 e. The van der Waals surface area contributed by atoms with Crippen LogP contribution in [0.25, 0.3) is 11.1 Å². The molecule has 3 aromatic rings. The number of rotatable bonds is 7. The molecule has 0 saturated heterocycles. The lowest BCUT2D eigenvalue weighted by atomic mass is 10.0. The number of hydrogen-bond donors (Lipinski definition) is 1. The minimum absolute atomic E-state index is 0.151. The van der Waals surface area contributed by atoms with Crippen LogP contribution in [0.4, 0.5) is 5.00 Å². The Bertz CT molecular complexity index is 1050. The molecule has 0 saturated carbocycles. The van der Waals surface area contributed by atoms with Crippen molar-refractivity contribution in [1.82, 2.24) is 0 Å². The summed E-state index contributed by atoms with van der Waals surface area (Å²) < 4.78 is 10.6. The number of benzene rings is 2. The number of methoxy groups -OCH3 is 1. The van der Waals surface area contributed by atoms with E-state index in [1.165, 1.54) is 24.0 Å². The number of amides is 1. The molecule has 0 radical (unpaired) electrons. The van der Waals surface area contributed by atoms with Crippen LogP contribution in [0, 0.1) is 13.8 Å². The summed E-state index contributed by atoms with van der Waals surface area (Å²) in [7, 11) is 1.33. The van der Waals surface area contributed by atoms with E-state index in [2.05, 4.69) is 12.2 Å². The van der Waals surface area contributed by atoms with Crippen LogP contribution >= 0.6 is 11.3 Å². The fourth-order valence-corrected chi connectivity index (χ4v) is 3.98. The highest BCUT2D eigenvalue weighted by atomic mass is 32.1. The van der Waals surface area contributed by atoms with Crippen molar-refractivity contribution in [3.8, 4) is 16.9 Å². The van der Waals surface area contributed by atoms with Gasteiger partial charge in [0, 0.05) is 10.9 Å². The van der Waals surface area contributed by atoms with Crippen molar-refractivity contribution in [3.63, 3.8) is 0 Å². The molecule has 0 aliphatic carbocycles. The number of nitrogens with one attached hydrogen (secondary N) is 1. The summed E-state index contributed by atoms with van der Waals surface area (Å²) >= 11 is 1.29. The van der Waals surface area contributed by atoms with Crippen LogP contribution in [0.2, 0.25) is 0 Å². The van der Waals surface area contributed by atoms with Gasteiger partial charge in [0.1, 0.15) is 16.3 Å². The van der Waals surface area contributed by atoms with Gasteiger partial charge >= 0.3 is 5.97 Å². The van der Waals surface area contributed by atoms with E-state index in [4.69, 9.17) is 9.47 Å².